The van der Waals surface area contributed by atoms with E-state index in [0.717, 1.165) is 10.9 Å². The van der Waals surface area contributed by atoms with E-state index >= 15 is 0 Å². The van der Waals surface area contributed by atoms with Crippen LogP contribution in [0.3, 0.4) is 0 Å². The molecule has 21 heavy (non-hydrogen) atoms. The largest absolute Gasteiger partial charge is 0.443 e. The van der Waals surface area contributed by atoms with E-state index in [4.69, 9.17) is 4.74 Å². The van der Waals surface area contributed by atoms with Gasteiger partial charge in [-0.3, -0.25) is 9.55 Å². The van der Waals surface area contributed by atoms with Gasteiger partial charge >= 0.3 is 6.09 Å². The van der Waals surface area contributed by atoms with Crippen LogP contribution in [0.5, 0.6) is 0 Å². The summed E-state index contributed by atoms with van der Waals surface area (Å²) in [5.74, 6) is 0. The Hall–Kier alpha value is -2.35. The molecule has 2 rings (SSSR count). The van der Waals surface area contributed by atoms with Gasteiger partial charge in [0.1, 0.15) is 5.60 Å². The Balaban J connectivity index is 2.62. The third-order valence-corrected chi connectivity index (χ3v) is 3.15. The fourth-order valence-electron chi connectivity index (χ4n) is 2.09. The van der Waals surface area contributed by atoms with Crippen LogP contribution in [-0.4, -0.2) is 21.2 Å². The van der Waals surface area contributed by atoms with Gasteiger partial charge in [0, 0.05) is 24.0 Å². The fraction of sp³-hybridized carbons (Fsp3) is 0.438. The minimum absolute atomic E-state index is 0.460. The van der Waals surface area contributed by atoms with Crippen molar-refractivity contribution in [3.05, 3.63) is 30.2 Å². The Kier molecular flexibility index (Phi) is 3.50. The molecule has 0 aromatic carbocycles. The average Bonchev–Trinajstić information content (AvgIpc) is 2.77. The summed E-state index contributed by atoms with van der Waals surface area (Å²) < 4.78 is 6.85. The molecule has 0 atom stereocenters. The first-order valence-corrected chi connectivity index (χ1v) is 6.76. The van der Waals surface area contributed by atoms with E-state index in [9.17, 15) is 10.1 Å². The number of rotatable bonds is 1. The summed E-state index contributed by atoms with van der Waals surface area (Å²) in [6.07, 6.45) is 4.50. The number of aromatic nitrogens is 2. The van der Waals surface area contributed by atoms with Crippen LogP contribution in [0, 0.1) is 11.3 Å². The first-order chi connectivity index (χ1) is 9.65. The third kappa shape index (κ3) is 2.89. The SMILES string of the molecule is CC(C)(C)OC(=O)n1cc(C(C)(C)C#N)c2cnccc21. The molecule has 0 saturated carbocycles. The summed E-state index contributed by atoms with van der Waals surface area (Å²) in [6.45, 7) is 9.08. The maximum absolute atomic E-state index is 12.3. The molecule has 0 bridgehead atoms. The summed E-state index contributed by atoms with van der Waals surface area (Å²) >= 11 is 0. The van der Waals surface area contributed by atoms with Crippen molar-refractivity contribution in [2.24, 2.45) is 0 Å². The molecule has 0 radical (unpaired) electrons. The minimum Gasteiger partial charge on any atom is -0.443 e. The van der Waals surface area contributed by atoms with Gasteiger partial charge in [-0.2, -0.15) is 5.26 Å². The van der Waals surface area contributed by atoms with Crippen LogP contribution < -0.4 is 0 Å². The summed E-state index contributed by atoms with van der Waals surface area (Å²) in [5, 5.41) is 10.1. The van der Waals surface area contributed by atoms with Gasteiger partial charge in [0.05, 0.1) is 17.0 Å². The molecule has 110 valence electrons. The van der Waals surface area contributed by atoms with Crippen molar-refractivity contribution in [1.82, 2.24) is 9.55 Å². The van der Waals surface area contributed by atoms with Crippen molar-refractivity contribution >= 4 is 17.0 Å². The average molecular weight is 285 g/mol. The van der Waals surface area contributed by atoms with E-state index in [1.165, 1.54) is 4.57 Å². The molecule has 0 fully saturated rings. The second kappa shape index (κ2) is 4.88. The molecule has 0 amide bonds. The van der Waals surface area contributed by atoms with Gasteiger partial charge in [0.25, 0.3) is 0 Å². The van der Waals surface area contributed by atoms with Crippen molar-refractivity contribution in [1.29, 1.82) is 5.26 Å². The van der Waals surface area contributed by atoms with Crippen molar-refractivity contribution in [3.63, 3.8) is 0 Å². The molecule has 0 aliphatic carbocycles. The highest BCUT2D eigenvalue weighted by atomic mass is 16.6. The van der Waals surface area contributed by atoms with Crippen LogP contribution in [0.25, 0.3) is 10.9 Å². The quantitative estimate of drug-likeness (QED) is 0.802. The Labute approximate surface area is 124 Å². The number of hydrogen-bond acceptors (Lipinski definition) is 4. The van der Waals surface area contributed by atoms with Gasteiger partial charge in [0.15, 0.2) is 0 Å². The van der Waals surface area contributed by atoms with Crippen molar-refractivity contribution in [3.8, 4) is 6.07 Å². The monoisotopic (exact) mass is 285 g/mol. The normalized spacial score (nSPS) is 12.2. The Morgan fingerprint density at radius 3 is 2.57 bits per heavy atom. The summed E-state index contributed by atoms with van der Waals surface area (Å²) in [4.78, 5) is 16.4. The number of hydrogen-bond donors (Lipinski definition) is 0. The van der Waals surface area contributed by atoms with Crippen molar-refractivity contribution in [2.45, 2.75) is 45.6 Å². The molecule has 5 heteroatoms. The van der Waals surface area contributed by atoms with Crippen molar-refractivity contribution < 1.29 is 9.53 Å². The molecule has 0 N–H and O–H groups in total. The van der Waals surface area contributed by atoms with Crippen LogP contribution >= 0.6 is 0 Å². The summed E-state index contributed by atoms with van der Waals surface area (Å²) in [7, 11) is 0. The molecule has 0 spiro atoms. The zero-order valence-corrected chi connectivity index (χ0v) is 13.0. The summed E-state index contributed by atoms with van der Waals surface area (Å²) in [5.41, 5.74) is 0.164. The highest BCUT2D eigenvalue weighted by molar-refractivity contribution is 5.92. The molecule has 0 saturated heterocycles. The van der Waals surface area contributed by atoms with E-state index in [2.05, 4.69) is 11.1 Å². The van der Waals surface area contributed by atoms with Crippen LogP contribution in [0.4, 0.5) is 4.79 Å². The zero-order chi connectivity index (χ0) is 15.8. The zero-order valence-electron chi connectivity index (χ0n) is 13.0. The fourth-order valence-corrected chi connectivity index (χ4v) is 2.09. The van der Waals surface area contributed by atoms with Crippen LogP contribution in [-0.2, 0) is 10.2 Å². The lowest BCUT2D eigenvalue weighted by molar-refractivity contribution is 0.0544. The van der Waals surface area contributed by atoms with Crippen LogP contribution in [0.2, 0.25) is 0 Å². The molecule has 0 aliphatic rings. The van der Waals surface area contributed by atoms with Crippen molar-refractivity contribution in [2.75, 3.05) is 0 Å². The maximum atomic E-state index is 12.3. The molecule has 2 aromatic rings. The second-order valence-electron chi connectivity index (χ2n) is 6.52. The number of pyridine rings is 1. The molecule has 2 aromatic heterocycles. The molecule has 2 heterocycles. The summed E-state index contributed by atoms with van der Waals surface area (Å²) in [6, 6.07) is 4.00. The van der Waals surface area contributed by atoms with Gasteiger partial charge in [0.2, 0.25) is 0 Å². The molecule has 0 unspecified atom stereocenters. The van der Waals surface area contributed by atoms with E-state index < -0.39 is 17.1 Å². The molecular formula is C16H19N3O2. The van der Waals surface area contributed by atoms with E-state index in [1.54, 1.807) is 24.7 Å². The Bertz CT molecular complexity index is 730. The topological polar surface area (TPSA) is 67.9 Å². The van der Waals surface area contributed by atoms with Gasteiger partial charge in [-0.15, -0.1) is 0 Å². The first-order valence-electron chi connectivity index (χ1n) is 6.76. The lowest BCUT2D eigenvalue weighted by Crippen LogP contribution is -2.26. The third-order valence-electron chi connectivity index (χ3n) is 3.15. The smallest absolute Gasteiger partial charge is 0.419 e. The molecule has 5 nitrogen and oxygen atoms in total. The molecule has 0 aliphatic heterocycles. The minimum atomic E-state index is -0.714. The number of carbonyl (C=O) groups excluding carboxylic acids is 1. The predicted molar refractivity (Wildman–Crippen MR) is 80.0 cm³/mol. The molecular weight excluding hydrogens is 266 g/mol. The van der Waals surface area contributed by atoms with E-state index in [1.807, 2.05) is 34.6 Å². The van der Waals surface area contributed by atoms with Gasteiger partial charge in [-0.1, -0.05) is 0 Å². The van der Waals surface area contributed by atoms with Crippen LogP contribution in [0.1, 0.15) is 40.2 Å². The highest BCUT2D eigenvalue weighted by Crippen LogP contribution is 2.31. The lowest BCUT2D eigenvalue weighted by atomic mass is 9.86. The van der Waals surface area contributed by atoms with E-state index in [0.29, 0.717) is 5.52 Å². The van der Waals surface area contributed by atoms with Gasteiger partial charge < -0.3 is 4.74 Å². The number of nitrogens with zero attached hydrogens (tertiary/aromatic N) is 3. The standard InChI is InChI=1S/C16H19N3O2/c1-15(2,3)21-14(20)19-9-12(16(4,5)10-17)11-8-18-7-6-13(11)19/h6-9H,1-5H3. The predicted octanol–water partition coefficient (Wildman–Crippen LogP) is 3.62. The maximum Gasteiger partial charge on any atom is 0.419 e. The lowest BCUT2D eigenvalue weighted by Gasteiger charge is -2.19. The Morgan fingerprint density at radius 1 is 1.33 bits per heavy atom. The Morgan fingerprint density at radius 2 is 2.00 bits per heavy atom. The van der Waals surface area contributed by atoms with E-state index in [-0.39, 0.29) is 0 Å². The number of ether oxygens (including phenoxy) is 1. The van der Waals surface area contributed by atoms with Gasteiger partial charge in [-0.25, -0.2) is 4.79 Å². The first kappa shape index (κ1) is 15.0. The number of nitriles is 1. The van der Waals surface area contributed by atoms with Crippen LogP contribution in [0.15, 0.2) is 24.7 Å². The number of fused-ring (bicyclic) bond motifs is 1. The van der Waals surface area contributed by atoms with Gasteiger partial charge in [-0.05, 0) is 46.2 Å². The number of carbonyl (C=O) groups is 1. The highest BCUT2D eigenvalue weighted by Gasteiger charge is 2.28. The second-order valence-corrected chi connectivity index (χ2v) is 6.52.